The first-order chi connectivity index (χ1) is 14.4. The average molecular weight is 459 g/mol. The van der Waals surface area contributed by atoms with Crippen molar-refractivity contribution >= 4 is 21.5 Å². The Labute approximate surface area is 190 Å². The summed E-state index contributed by atoms with van der Waals surface area (Å²) in [6.45, 7) is 7.18. The largest absolute Gasteiger partial charge is 0.0842 e. The highest BCUT2D eigenvalue weighted by molar-refractivity contribution is 9.09. The highest BCUT2D eigenvalue weighted by Gasteiger charge is 2.39. The normalized spacial score (nSPS) is 28.9. The molecule has 0 aromatic heterocycles. The number of hydrogen-bond donors (Lipinski definition) is 0. The Morgan fingerprint density at radius 2 is 1.73 bits per heavy atom. The first-order valence-electron chi connectivity index (χ1n) is 11.4. The van der Waals surface area contributed by atoms with Gasteiger partial charge in [0.05, 0.1) is 0 Å². The maximum absolute atomic E-state index is 3.66. The third-order valence-electron chi connectivity index (χ3n) is 7.35. The number of halogens is 1. The maximum Gasteiger partial charge on any atom is 0.0363 e. The van der Waals surface area contributed by atoms with Crippen molar-refractivity contribution in [1.29, 1.82) is 0 Å². The molecule has 0 bridgehead atoms. The summed E-state index contributed by atoms with van der Waals surface area (Å²) in [5, 5.41) is 0. The summed E-state index contributed by atoms with van der Waals surface area (Å²) < 4.78 is 0. The summed E-state index contributed by atoms with van der Waals surface area (Å²) in [5.74, 6) is 1.22. The molecule has 0 amide bonds. The van der Waals surface area contributed by atoms with Gasteiger partial charge in [0.25, 0.3) is 0 Å². The first kappa shape index (κ1) is 20.1. The Bertz CT molecular complexity index is 1050. The Morgan fingerprint density at radius 3 is 2.43 bits per heavy atom. The molecule has 30 heavy (non-hydrogen) atoms. The Morgan fingerprint density at radius 1 is 0.967 bits per heavy atom. The maximum atomic E-state index is 3.66. The molecular formula is C29H31Br. The van der Waals surface area contributed by atoms with E-state index in [1.165, 1.54) is 39.8 Å². The Kier molecular flexibility index (Phi) is 5.14. The number of alkyl halides is 1. The average Bonchev–Trinajstić information content (AvgIpc) is 2.97. The molecule has 0 radical (unpaired) electrons. The molecule has 0 aliphatic heterocycles. The molecule has 154 valence electrons. The van der Waals surface area contributed by atoms with Gasteiger partial charge in [-0.1, -0.05) is 104 Å². The predicted molar refractivity (Wildman–Crippen MR) is 133 cm³/mol. The van der Waals surface area contributed by atoms with Gasteiger partial charge in [0, 0.05) is 10.2 Å². The van der Waals surface area contributed by atoms with Crippen molar-refractivity contribution in [3.8, 4) is 0 Å². The second-order valence-electron chi connectivity index (χ2n) is 9.86. The van der Waals surface area contributed by atoms with Crippen molar-refractivity contribution in [1.82, 2.24) is 0 Å². The summed E-state index contributed by atoms with van der Waals surface area (Å²) >= 11 is 3.66. The van der Waals surface area contributed by atoms with Crippen molar-refractivity contribution in [3.05, 3.63) is 100 Å². The molecule has 4 aliphatic rings. The lowest BCUT2D eigenvalue weighted by Crippen LogP contribution is -2.17. The zero-order valence-corrected chi connectivity index (χ0v) is 19.9. The minimum atomic E-state index is 0.119. The fourth-order valence-electron chi connectivity index (χ4n) is 5.58. The molecule has 0 saturated heterocycles. The van der Waals surface area contributed by atoms with Crippen LogP contribution in [0.5, 0.6) is 0 Å². The van der Waals surface area contributed by atoms with Crippen molar-refractivity contribution in [2.45, 2.75) is 56.7 Å². The van der Waals surface area contributed by atoms with Gasteiger partial charge in [-0.3, -0.25) is 0 Å². The van der Waals surface area contributed by atoms with Crippen molar-refractivity contribution in [2.75, 3.05) is 0 Å². The monoisotopic (exact) mass is 458 g/mol. The molecule has 0 spiro atoms. The summed E-state index contributed by atoms with van der Waals surface area (Å²) in [6, 6.07) is 7.29. The van der Waals surface area contributed by atoms with E-state index in [2.05, 4.69) is 104 Å². The van der Waals surface area contributed by atoms with E-state index >= 15 is 0 Å². The molecule has 4 aliphatic carbocycles. The molecule has 0 fully saturated rings. The smallest absolute Gasteiger partial charge is 0.0363 e. The molecular weight excluding hydrogens is 428 g/mol. The molecule has 5 rings (SSSR count). The number of allylic oxidation sites excluding steroid dienone is 12. The zero-order valence-electron chi connectivity index (χ0n) is 18.3. The highest BCUT2D eigenvalue weighted by atomic mass is 79.9. The minimum absolute atomic E-state index is 0.119. The van der Waals surface area contributed by atoms with Gasteiger partial charge in [-0.15, -0.1) is 0 Å². The van der Waals surface area contributed by atoms with Gasteiger partial charge in [0.2, 0.25) is 0 Å². The second kappa shape index (κ2) is 7.68. The summed E-state index contributed by atoms with van der Waals surface area (Å²) in [7, 11) is 0. The fourth-order valence-corrected chi connectivity index (χ4v) is 5.91. The topological polar surface area (TPSA) is 0 Å². The van der Waals surface area contributed by atoms with Gasteiger partial charge in [0.1, 0.15) is 0 Å². The van der Waals surface area contributed by atoms with Gasteiger partial charge in [-0.2, -0.15) is 0 Å². The standard InChI is InChI=1S/C29H31Br/c1-19-5-4-6-26-28(19)25-16-9-21(18-27(25)29(26,2)3)17-20-7-10-22(11-8-20)23-12-14-24(30)15-13-23/h4,6-7,9-14,16,18-20,24H,5,8,15,17H2,1-3H3. The molecule has 1 aromatic rings. The molecule has 0 heterocycles. The summed E-state index contributed by atoms with van der Waals surface area (Å²) in [4.78, 5) is 0.491. The zero-order chi connectivity index (χ0) is 20.9. The van der Waals surface area contributed by atoms with Crippen LogP contribution < -0.4 is 0 Å². The number of fused-ring (bicyclic) bond motifs is 2. The Balaban J connectivity index is 1.33. The van der Waals surface area contributed by atoms with Crippen LogP contribution in [0.2, 0.25) is 0 Å². The van der Waals surface area contributed by atoms with Crippen LogP contribution in [-0.4, -0.2) is 4.83 Å². The van der Waals surface area contributed by atoms with E-state index < -0.39 is 0 Å². The molecule has 3 unspecified atom stereocenters. The van der Waals surface area contributed by atoms with Crippen LogP contribution in [0.25, 0.3) is 5.57 Å². The van der Waals surface area contributed by atoms with Gasteiger partial charge in [-0.25, -0.2) is 0 Å². The van der Waals surface area contributed by atoms with E-state index in [1.807, 2.05) is 0 Å². The summed E-state index contributed by atoms with van der Waals surface area (Å²) in [5.41, 5.74) is 10.5. The van der Waals surface area contributed by atoms with Crippen LogP contribution in [-0.2, 0) is 11.8 Å². The van der Waals surface area contributed by atoms with Crippen LogP contribution >= 0.6 is 15.9 Å². The van der Waals surface area contributed by atoms with Crippen molar-refractivity contribution in [2.24, 2.45) is 11.8 Å². The van der Waals surface area contributed by atoms with E-state index in [-0.39, 0.29) is 5.41 Å². The van der Waals surface area contributed by atoms with Crippen LogP contribution in [0.1, 0.15) is 56.7 Å². The van der Waals surface area contributed by atoms with Crippen LogP contribution in [0.15, 0.2) is 83.5 Å². The number of hydrogen-bond acceptors (Lipinski definition) is 0. The lowest BCUT2D eigenvalue weighted by atomic mass is 9.78. The first-order valence-corrected chi connectivity index (χ1v) is 12.3. The quantitative estimate of drug-likeness (QED) is 0.402. The molecule has 0 saturated carbocycles. The fraction of sp³-hybridized carbons (Fsp3) is 0.379. The molecule has 1 heteroatoms. The van der Waals surface area contributed by atoms with Crippen LogP contribution in [0.3, 0.4) is 0 Å². The van der Waals surface area contributed by atoms with Crippen LogP contribution in [0.4, 0.5) is 0 Å². The van der Waals surface area contributed by atoms with Gasteiger partial charge >= 0.3 is 0 Å². The van der Waals surface area contributed by atoms with Gasteiger partial charge in [-0.05, 0) is 76.5 Å². The second-order valence-corrected chi connectivity index (χ2v) is 11.0. The highest BCUT2D eigenvalue weighted by Crippen LogP contribution is 2.51. The van der Waals surface area contributed by atoms with E-state index in [1.54, 1.807) is 5.57 Å². The molecule has 0 nitrogen and oxygen atoms in total. The SMILES string of the molecule is CC1CC=CC2=C1c1ccc(CC3C=CC(C4=CCC(Br)C=C4)=CC3)cc1C2(C)C. The third-order valence-corrected chi connectivity index (χ3v) is 8.02. The van der Waals surface area contributed by atoms with Crippen molar-refractivity contribution in [3.63, 3.8) is 0 Å². The lowest BCUT2D eigenvalue weighted by Gasteiger charge is -2.25. The molecule has 3 atom stereocenters. The van der Waals surface area contributed by atoms with Gasteiger partial charge < -0.3 is 0 Å². The van der Waals surface area contributed by atoms with Crippen LogP contribution in [0, 0.1) is 11.8 Å². The minimum Gasteiger partial charge on any atom is -0.0842 e. The lowest BCUT2D eigenvalue weighted by molar-refractivity contribution is 0.632. The van der Waals surface area contributed by atoms with Gasteiger partial charge in [0.15, 0.2) is 0 Å². The predicted octanol–water partition coefficient (Wildman–Crippen LogP) is 8.02. The van der Waals surface area contributed by atoms with Crippen molar-refractivity contribution < 1.29 is 0 Å². The summed E-state index contributed by atoms with van der Waals surface area (Å²) in [6.07, 6.45) is 23.3. The molecule has 1 aromatic carbocycles. The Hall–Kier alpha value is -1.86. The number of rotatable bonds is 3. The van der Waals surface area contributed by atoms with E-state index in [0.29, 0.717) is 16.7 Å². The van der Waals surface area contributed by atoms with E-state index in [9.17, 15) is 0 Å². The molecule has 0 N–H and O–H groups in total. The third kappa shape index (κ3) is 3.46. The van der Waals surface area contributed by atoms with E-state index in [0.717, 1.165) is 19.3 Å². The number of benzene rings is 1. The van der Waals surface area contributed by atoms with E-state index in [4.69, 9.17) is 0 Å².